The minimum absolute atomic E-state index is 0.0948. The second-order valence-electron chi connectivity index (χ2n) is 5.93. The van der Waals surface area contributed by atoms with E-state index in [-0.39, 0.29) is 5.60 Å². The molecule has 4 rings (SSSR count). The summed E-state index contributed by atoms with van der Waals surface area (Å²) in [5, 5.41) is 9.43. The maximum atomic E-state index is 11.5. The molecule has 4 aliphatic carbocycles. The van der Waals surface area contributed by atoms with Crippen LogP contribution in [0.15, 0.2) is 0 Å². The predicted molar refractivity (Wildman–Crippen MR) is 54.5 cm³/mol. The van der Waals surface area contributed by atoms with Crippen molar-refractivity contribution in [1.29, 1.82) is 0 Å². The zero-order valence-corrected chi connectivity index (χ0v) is 9.16. The summed E-state index contributed by atoms with van der Waals surface area (Å²) in [5.74, 6) is 0.614. The highest BCUT2D eigenvalue weighted by molar-refractivity contribution is 5.75. The molecule has 0 heterocycles. The van der Waals surface area contributed by atoms with Gasteiger partial charge in [-0.3, -0.25) is 4.79 Å². The number of rotatable bonds is 2. The molecule has 4 fully saturated rings. The van der Waals surface area contributed by atoms with Crippen LogP contribution in [0.25, 0.3) is 0 Å². The highest BCUT2D eigenvalue weighted by Crippen LogP contribution is 2.62. The number of hydrogen-bond donors (Lipinski definition) is 1. The second-order valence-corrected chi connectivity index (χ2v) is 5.93. The molecule has 1 N–H and O–H groups in total. The first-order valence-corrected chi connectivity index (χ1v) is 5.86. The van der Waals surface area contributed by atoms with Crippen LogP contribution in [0.2, 0.25) is 0 Å². The molecule has 15 heavy (non-hydrogen) atoms. The van der Waals surface area contributed by atoms with Gasteiger partial charge in [0.1, 0.15) is 0 Å². The first-order valence-electron chi connectivity index (χ1n) is 5.86. The Bertz CT molecular complexity index is 296. The Balaban J connectivity index is 1.99. The van der Waals surface area contributed by atoms with Crippen molar-refractivity contribution in [2.75, 3.05) is 7.11 Å². The molecule has 0 saturated heterocycles. The first kappa shape index (κ1) is 9.64. The van der Waals surface area contributed by atoms with Crippen molar-refractivity contribution in [3.63, 3.8) is 0 Å². The molecule has 0 aromatic carbocycles. The van der Waals surface area contributed by atoms with E-state index in [1.54, 1.807) is 7.11 Å². The molecule has 4 bridgehead atoms. The Morgan fingerprint density at radius 1 is 1.27 bits per heavy atom. The fraction of sp³-hybridized carbons (Fsp3) is 0.917. The second kappa shape index (κ2) is 2.76. The van der Waals surface area contributed by atoms with E-state index < -0.39 is 11.4 Å². The summed E-state index contributed by atoms with van der Waals surface area (Å²) in [4.78, 5) is 11.5. The molecule has 2 atom stereocenters. The SMILES string of the molecule is COC12CC3CC(C1)CC(C(=O)O)(C3)C2. The third kappa shape index (κ3) is 1.19. The van der Waals surface area contributed by atoms with Crippen molar-refractivity contribution >= 4 is 5.97 Å². The molecule has 3 heteroatoms. The third-order valence-corrected chi connectivity index (χ3v) is 4.89. The Kier molecular flexibility index (Phi) is 1.77. The Morgan fingerprint density at radius 3 is 2.33 bits per heavy atom. The topological polar surface area (TPSA) is 46.5 Å². The van der Waals surface area contributed by atoms with E-state index in [9.17, 15) is 9.90 Å². The van der Waals surface area contributed by atoms with Gasteiger partial charge in [-0.25, -0.2) is 0 Å². The molecule has 0 aromatic rings. The lowest BCUT2D eigenvalue weighted by molar-refractivity contribution is -0.199. The molecule has 0 radical (unpaired) electrons. The fourth-order valence-electron chi connectivity index (χ4n) is 4.67. The lowest BCUT2D eigenvalue weighted by Gasteiger charge is -2.59. The van der Waals surface area contributed by atoms with Gasteiger partial charge in [0.15, 0.2) is 0 Å². The van der Waals surface area contributed by atoms with Gasteiger partial charge in [-0.05, 0) is 50.4 Å². The minimum Gasteiger partial charge on any atom is -0.481 e. The van der Waals surface area contributed by atoms with Crippen molar-refractivity contribution < 1.29 is 14.6 Å². The largest absolute Gasteiger partial charge is 0.481 e. The summed E-state index contributed by atoms with van der Waals surface area (Å²) < 4.78 is 5.66. The van der Waals surface area contributed by atoms with E-state index in [1.165, 1.54) is 6.42 Å². The molecule has 0 amide bonds. The summed E-state index contributed by atoms with van der Waals surface area (Å²) >= 11 is 0. The number of carbonyl (C=O) groups is 1. The standard InChI is InChI=1S/C12H18O3/c1-15-12-5-8-2-9(6-12)4-11(3-8,7-12)10(13)14/h8-9H,2-7H2,1H3,(H,13,14). The van der Waals surface area contributed by atoms with E-state index in [1.807, 2.05) is 0 Å². The first-order chi connectivity index (χ1) is 7.07. The lowest BCUT2D eigenvalue weighted by Crippen LogP contribution is -2.58. The number of carboxylic acids is 1. The van der Waals surface area contributed by atoms with Gasteiger partial charge in [-0.2, -0.15) is 0 Å². The number of ether oxygens (including phenoxy) is 1. The zero-order chi connectivity index (χ0) is 10.7. The Morgan fingerprint density at radius 2 is 1.87 bits per heavy atom. The van der Waals surface area contributed by atoms with Gasteiger partial charge in [0.2, 0.25) is 0 Å². The molecule has 4 aliphatic rings. The maximum Gasteiger partial charge on any atom is 0.309 e. The smallest absolute Gasteiger partial charge is 0.309 e. The van der Waals surface area contributed by atoms with Crippen LogP contribution < -0.4 is 0 Å². The van der Waals surface area contributed by atoms with Crippen LogP contribution in [0.4, 0.5) is 0 Å². The van der Waals surface area contributed by atoms with Crippen LogP contribution in [0.3, 0.4) is 0 Å². The monoisotopic (exact) mass is 210 g/mol. The van der Waals surface area contributed by atoms with Gasteiger partial charge in [0, 0.05) is 7.11 Å². The molecular formula is C12H18O3. The van der Waals surface area contributed by atoms with Crippen molar-refractivity contribution in [3.05, 3.63) is 0 Å². The molecule has 4 saturated carbocycles. The Hall–Kier alpha value is -0.570. The van der Waals surface area contributed by atoms with Gasteiger partial charge < -0.3 is 9.84 Å². The van der Waals surface area contributed by atoms with Gasteiger partial charge in [0.25, 0.3) is 0 Å². The maximum absolute atomic E-state index is 11.5. The number of aliphatic carboxylic acids is 1. The van der Waals surface area contributed by atoms with Gasteiger partial charge >= 0.3 is 5.97 Å². The fourth-order valence-corrected chi connectivity index (χ4v) is 4.67. The van der Waals surface area contributed by atoms with Crippen LogP contribution in [0.1, 0.15) is 38.5 Å². The van der Waals surface area contributed by atoms with Crippen LogP contribution >= 0.6 is 0 Å². The van der Waals surface area contributed by atoms with Gasteiger partial charge in [-0.15, -0.1) is 0 Å². The molecular weight excluding hydrogens is 192 g/mol. The van der Waals surface area contributed by atoms with E-state index in [2.05, 4.69) is 0 Å². The normalized spacial score (nSPS) is 52.1. The molecule has 0 aromatic heterocycles. The third-order valence-electron chi connectivity index (χ3n) is 4.89. The Labute approximate surface area is 89.8 Å². The average Bonchev–Trinajstić information content (AvgIpc) is 2.15. The van der Waals surface area contributed by atoms with Crippen LogP contribution in [-0.4, -0.2) is 23.8 Å². The van der Waals surface area contributed by atoms with E-state index >= 15 is 0 Å². The predicted octanol–water partition coefficient (Wildman–Crippen LogP) is 2.06. The van der Waals surface area contributed by atoms with Crippen LogP contribution in [-0.2, 0) is 9.53 Å². The highest BCUT2D eigenvalue weighted by Gasteiger charge is 2.61. The van der Waals surface area contributed by atoms with Gasteiger partial charge in [0.05, 0.1) is 11.0 Å². The summed E-state index contributed by atoms with van der Waals surface area (Å²) in [7, 11) is 1.75. The van der Waals surface area contributed by atoms with Crippen molar-refractivity contribution in [3.8, 4) is 0 Å². The summed E-state index contributed by atoms with van der Waals surface area (Å²) in [6, 6.07) is 0. The van der Waals surface area contributed by atoms with E-state index in [4.69, 9.17) is 4.74 Å². The summed E-state index contributed by atoms with van der Waals surface area (Å²) in [6.45, 7) is 0. The molecule has 84 valence electrons. The van der Waals surface area contributed by atoms with Gasteiger partial charge in [-0.1, -0.05) is 0 Å². The van der Waals surface area contributed by atoms with Crippen molar-refractivity contribution in [2.24, 2.45) is 17.3 Å². The highest BCUT2D eigenvalue weighted by atomic mass is 16.5. The molecule has 2 unspecified atom stereocenters. The average molecular weight is 210 g/mol. The van der Waals surface area contributed by atoms with Crippen LogP contribution in [0, 0.1) is 17.3 Å². The molecule has 0 spiro atoms. The van der Waals surface area contributed by atoms with Crippen LogP contribution in [0.5, 0.6) is 0 Å². The zero-order valence-electron chi connectivity index (χ0n) is 9.16. The van der Waals surface area contributed by atoms with E-state index in [0.717, 1.165) is 32.1 Å². The lowest BCUT2D eigenvalue weighted by atomic mass is 9.48. The number of methoxy groups -OCH3 is 1. The van der Waals surface area contributed by atoms with Crippen molar-refractivity contribution in [2.45, 2.75) is 44.1 Å². The molecule has 0 aliphatic heterocycles. The molecule has 3 nitrogen and oxygen atoms in total. The number of hydrogen-bond acceptors (Lipinski definition) is 2. The summed E-state index contributed by atoms with van der Waals surface area (Å²) in [6.07, 6.45) is 5.96. The number of carboxylic acid groups (broad SMARTS) is 1. The van der Waals surface area contributed by atoms with E-state index in [0.29, 0.717) is 11.8 Å². The summed E-state index contributed by atoms with van der Waals surface area (Å²) in [5.41, 5.74) is -0.539. The quantitative estimate of drug-likeness (QED) is 0.758. The minimum atomic E-state index is -0.585. The van der Waals surface area contributed by atoms with Crippen molar-refractivity contribution in [1.82, 2.24) is 0 Å².